The third kappa shape index (κ3) is 4.88. The summed E-state index contributed by atoms with van der Waals surface area (Å²) in [6.45, 7) is 1.50. The highest BCUT2D eigenvalue weighted by Crippen LogP contribution is 2.33. The number of anilines is 1. The molecule has 2 atom stereocenters. The maximum atomic E-state index is 13.1. The zero-order valence-electron chi connectivity index (χ0n) is 17.5. The Kier molecular flexibility index (Phi) is 6.67. The molecule has 2 aromatic carbocycles. The van der Waals surface area contributed by atoms with Gasteiger partial charge in [-0.05, 0) is 54.7 Å². The van der Waals surface area contributed by atoms with Gasteiger partial charge in [-0.3, -0.25) is 9.59 Å². The smallest absolute Gasteiger partial charge is 0.245 e. The largest absolute Gasteiger partial charge is 0.381 e. The highest BCUT2D eigenvalue weighted by molar-refractivity contribution is 7.91. The fourth-order valence-corrected chi connectivity index (χ4v) is 5.79. The van der Waals surface area contributed by atoms with Gasteiger partial charge in [0.05, 0.1) is 28.9 Å². The van der Waals surface area contributed by atoms with Crippen molar-refractivity contribution in [3.8, 4) is 0 Å². The molecular weight excluding hydrogens is 452 g/mol. The zero-order chi connectivity index (χ0) is 22.9. The van der Waals surface area contributed by atoms with Gasteiger partial charge in [0, 0.05) is 30.2 Å². The van der Waals surface area contributed by atoms with Crippen molar-refractivity contribution in [2.45, 2.75) is 36.7 Å². The Balaban J connectivity index is 1.68. The van der Waals surface area contributed by atoms with Crippen molar-refractivity contribution in [3.63, 3.8) is 0 Å². The Labute approximate surface area is 192 Å². The van der Waals surface area contributed by atoms with Crippen LogP contribution in [0.1, 0.15) is 35.2 Å². The number of Topliss-reactive ketones (excluding diaryl/α,β-unsaturated/α-hetero) is 1. The predicted octanol–water partition coefficient (Wildman–Crippen LogP) is 2.99. The van der Waals surface area contributed by atoms with Crippen molar-refractivity contribution < 1.29 is 22.7 Å². The van der Waals surface area contributed by atoms with Gasteiger partial charge in [0.25, 0.3) is 0 Å². The molecule has 170 valence electrons. The first-order valence-corrected chi connectivity index (χ1v) is 12.6. The molecule has 4 rings (SSSR count). The van der Waals surface area contributed by atoms with Crippen LogP contribution < -0.4 is 10.6 Å². The zero-order valence-corrected chi connectivity index (χ0v) is 19.1. The average Bonchev–Trinajstić information content (AvgIpc) is 3.27. The molecule has 0 bridgehead atoms. The van der Waals surface area contributed by atoms with Crippen LogP contribution in [-0.4, -0.2) is 45.1 Å². The Morgan fingerprint density at radius 2 is 1.94 bits per heavy atom. The van der Waals surface area contributed by atoms with E-state index in [1.165, 1.54) is 23.1 Å². The van der Waals surface area contributed by atoms with Crippen molar-refractivity contribution in [2.75, 3.05) is 23.9 Å². The van der Waals surface area contributed by atoms with E-state index in [1.54, 1.807) is 24.3 Å². The predicted molar refractivity (Wildman–Crippen MR) is 122 cm³/mol. The average molecular weight is 477 g/mol. The number of hydrogen-bond acceptors (Lipinski definition) is 6. The Hall–Kier alpha value is -2.26. The molecule has 0 aromatic heterocycles. The number of rotatable bonds is 6. The third-order valence-electron chi connectivity index (χ3n) is 5.95. The molecule has 1 fully saturated rings. The van der Waals surface area contributed by atoms with Gasteiger partial charge in [-0.15, -0.1) is 0 Å². The number of benzene rings is 2. The lowest BCUT2D eigenvalue weighted by molar-refractivity contribution is -0.119. The van der Waals surface area contributed by atoms with Crippen LogP contribution in [-0.2, 0) is 25.9 Å². The number of nitrogens with two attached hydrogens (primary N) is 1. The van der Waals surface area contributed by atoms with Crippen molar-refractivity contribution in [2.24, 2.45) is 11.7 Å². The van der Waals surface area contributed by atoms with Crippen LogP contribution in [0.4, 0.5) is 5.69 Å². The van der Waals surface area contributed by atoms with Gasteiger partial charge in [-0.1, -0.05) is 23.7 Å². The highest BCUT2D eigenvalue weighted by atomic mass is 35.5. The maximum Gasteiger partial charge on any atom is 0.245 e. The van der Waals surface area contributed by atoms with E-state index in [1.807, 2.05) is 0 Å². The van der Waals surface area contributed by atoms with Gasteiger partial charge in [-0.25, -0.2) is 8.42 Å². The van der Waals surface area contributed by atoms with Crippen LogP contribution in [0, 0.1) is 5.92 Å². The van der Waals surface area contributed by atoms with Gasteiger partial charge in [-0.2, -0.15) is 0 Å². The van der Waals surface area contributed by atoms with Gasteiger partial charge in [0.15, 0.2) is 15.6 Å². The summed E-state index contributed by atoms with van der Waals surface area (Å²) in [5.74, 6) is -0.717. The topological polar surface area (TPSA) is 107 Å². The number of nitrogens with zero attached hydrogens (tertiary/aromatic N) is 1. The lowest BCUT2D eigenvalue weighted by atomic mass is 9.98. The molecule has 2 N–H and O–H groups in total. The number of fused-ring (bicyclic) bond motifs is 1. The van der Waals surface area contributed by atoms with Crippen LogP contribution in [0.2, 0.25) is 5.02 Å². The molecule has 9 heteroatoms. The molecule has 0 radical (unpaired) electrons. The summed E-state index contributed by atoms with van der Waals surface area (Å²) >= 11 is 5.96. The first-order chi connectivity index (χ1) is 15.2. The molecule has 2 aliphatic rings. The van der Waals surface area contributed by atoms with E-state index in [9.17, 15) is 18.0 Å². The van der Waals surface area contributed by atoms with Crippen LogP contribution in [0.3, 0.4) is 0 Å². The summed E-state index contributed by atoms with van der Waals surface area (Å²) in [5, 5.41) is 0.552. The molecule has 1 unspecified atom stereocenters. The maximum absolute atomic E-state index is 13.1. The SMILES string of the molecule is N[C@H]1CS(=O)(=O)c2ccc(C(=O)CCC3CCOC3)cc2N(Cc2ccc(Cl)cc2)C1=O. The fraction of sp³-hybridized carbons (Fsp3) is 0.391. The number of sulfone groups is 1. The van der Waals surface area contributed by atoms with E-state index in [0.717, 1.165) is 18.6 Å². The lowest BCUT2D eigenvalue weighted by Crippen LogP contribution is -2.45. The van der Waals surface area contributed by atoms with E-state index >= 15 is 0 Å². The molecule has 0 saturated carbocycles. The van der Waals surface area contributed by atoms with Crippen molar-refractivity contribution >= 4 is 38.8 Å². The minimum Gasteiger partial charge on any atom is -0.381 e. The van der Waals surface area contributed by atoms with Gasteiger partial charge in [0.2, 0.25) is 5.91 Å². The first kappa shape index (κ1) is 22.9. The third-order valence-corrected chi connectivity index (χ3v) is 8.01. The van der Waals surface area contributed by atoms with Gasteiger partial charge in [0.1, 0.15) is 0 Å². The van der Waals surface area contributed by atoms with Crippen LogP contribution in [0.15, 0.2) is 47.4 Å². The molecule has 2 heterocycles. The van der Waals surface area contributed by atoms with Gasteiger partial charge < -0.3 is 15.4 Å². The molecular formula is C23H25ClN2O5S. The number of halogens is 1. The summed E-state index contributed by atoms with van der Waals surface area (Å²) in [7, 11) is -3.80. The second-order valence-corrected chi connectivity index (χ2v) is 10.8. The number of amides is 1. The Bertz CT molecular complexity index is 1130. The number of hydrogen-bond donors (Lipinski definition) is 1. The molecule has 1 amide bonds. The Morgan fingerprint density at radius 3 is 2.62 bits per heavy atom. The molecule has 7 nitrogen and oxygen atoms in total. The van der Waals surface area contributed by atoms with Crippen LogP contribution >= 0.6 is 11.6 Å². The monoisotopic (exact) mass is 476 g/mol. The second kappa shape index (κ2) is 9.31. The molecule has 0 aliphatic carbocycles. The van der Waals surface area contributed by atoms with E-state index in [0.29, 0.717) is 36.0 Å². The number of ketones is 1. The summed E-state index contributed by atoms with van der Waals surface area (Å²) in [5.41, 5.74) is 7.27. The Morgan fingerprint density at radius 1 is 1.19 bits per heavy atom. The molecule has 32 heavy (non-hydrogen) atoms. The standard InChI is InChI=1S/C23H25ClN2O5S/c24-18-5-1-15(2-6-18)12-26-20-11-17(21(27)7-3-16-9-10-31-13-16)4-8-22(20)32(29,30)14-19(25)23(26)28/h1-2,4-6,8,11,16,19H,3,7,9-10,12-14,25H2/t16?,19-/m0/s1. The minimum atomic E-state index is -3.80. The highest BCUT2D eigenvalue weighted by Gasteiger charge is 2.36. The minimum absolute atomic E-state index is 0.00788. The van der Waals surface area contributed by atoms with Crippen molar-refractivity contribution in [1.82, 2.24) is 0 Å². The first-order valence-electron chi connectivity index (χ1n) is 10.5. The normalized spacial score (nSPS) is 22.4. The summed E-state index contributed by atoms with van der Waals surface area (Å²) in [6, 6.07) is 10.2. The van der Waals surface area contributed by atoms with E-state index in [2.05, 4.69) is 0 Å². The molecule has 0 spiro atoms. The van der Waals surface area contributed by atoms with Crippen molar-refractivity contribution in [1.29, 1.82) is 0 Å². The quantitative estimate of drug-likeness (QED) is 0.642. The fourth-order valence-electron chi connectivity index (χ4n) is 4.11. The van der Waals surface area contributed by atoms with Gasteiger partial charge >= 0.3 is 0 Å². The summed E-state index contributed by atoms with van der Waals surface area (Å²) in [4.78, 5) is 27.3. The van der Waals surface area contributed by atoms with E-state index in [4.69, 9.17) is 22.1 Å². The van der Waals surface area contributed by atoms with E-state index < -0.39 is 27.5 Å². The van der Waals surface area contributed by atoms with Crippen molar-refractivity contribution in [3.05, 3.63) is 58.6 Å². The molecule has 1 saturated heterocycles. The summed E-state index contributed by atoms with van der Waals surface area (Å²) < 4.78 is 31.2. The second-order valence-electron chi connectivity index (χ2n) is 8.31. The number of ether oxygens (including phenoxy) is 1. The van der Waals surface area contributed by atoms with E-state index in [-0.39, 0.29) is 22.9 Å². The molecule has 2 aliphatic heterocycles. The van der Waals surface area contributed by atoms with Crippen LogP contribution in [0.25, 0.3) is 0 Å². The number of carbonyl (C=O) groups is 2. The lowest BCUT2D eigenvalue weighted by Gasteiger charge is -2.24. The van der Waals surface area contributed by atoms with Crippen LogP contribution in [0.5, 0.6) is 0 Å². The molecule has 2 aromatic rings. The number of carbonyl (C=O) groups excluding carboxylic acids is 2. The summed E-state index contributed by atoms with van der Waals surface area (Å²) in [6.07, 6.45) is 1.99.